The molecule has 2 aromatic carbocycles. The van der Waals surface area contributed by atoms with Crippen LogP contribution in [-0.4, -0.2) is 67.5 Å². The van der Waals surface area contributed by atoms with Crippen LogP contribution in [0.3, 0.4) is 0 Å². The number of amides is 2. The second-order valence-corrected chi connectivity index (χ2v) is 8.75. The van der Waals surface area contributed by atoms with Crippen molar-refractivity contribution in [2.24, 2.45) is 0 Å². The largest absolute Gasteiger partial charge is 0.496 e. The average Bonchev–Trinajstić information content (AvgIpc) is 2.89. The van der Waals surface area contributed by atoms with E-state index < -0.39 is 0 Å². The predicted octanol–water partition coefficient (Wildman–Crippen LogP) is 2.89. The quantitative estimate of drug-likeness (QED) is 0.781. The van der Waals surface area contributed by atoms with Gasteiger partial charge in [0.15, 0.2) is 0 Å². The Morgan fingerprint density at radius 3 is 2.56 bits per heavy atom. The molecular formula is C25H32N4O3. The molecule has 2 aliphatic heterocycles. The second-order valence-electron chi connectivity index (χ2n) is 8.75. The molecule has 2 aromatic rings. The molecule has 0 aromatic heterocycles. The van der Waals surface area contributed by atoms with E-state index in [1.165, 1.54) is 11.1 Å². The number of hydrogen-bond acceptors (Lipinski definition) is 5. The van der Waals surface area contributed by atoms with Gasteiger partial charge in [0.2, 0.25) is 11.8 Å². The summed E-state index contributed by atoms with van der Waals surface area (Å²) in [5.74, 6) is 0.904. The molecule has 2 amide bonds. The predicted molar refractivity (Wildman–Crippen MR) is 126 cm³/mol. The molecular weight excluding hydrogens is 404 g/mol. The number of fused-ring (bicyclic) bond motifs is 1. The molecule has 2 aliphatic rings. The van der Waals surface area contributed by atoms with Gasteiger partial charge in [0.25, 0.3) is 0 Å². The summed E-state index contributed by atoms with van der Waals surface area (Å²) in [5, 5.41) is 2.92. The molecule has 0 radical (unpaired) electrons. The summed E-state index contributed by atoms with van der Waals surface area (Å²) in [7, 11) is 1.71. The van der Waals surface area contributed by atoms with Crippen molar-refractivity contribution in [3.05, 3.63) is 53.6 Å². The minimum atomic E-state index is -0.179. The molecule has 0 aliphatic carbocycles. The third kappa shape index (κ3) is 4.95. The molecule has 0 spiro atoms. The van der Waals surface area contributed by atoms with Gasteiger partial charge in [-0.2, -0.15) is 0 Å². The number of hydrogen-bond donors (Lipinski definition) is 1. The smallest absolute Gasteiger partial charge is 0.241 e. The van der Waals surface area contributed by atoms with Gasteiger partial charge in [-0.3, -0.25) is 19.4 Å². The maximum Gasteiger partial charge on any atom is 0.241 e. The molecule has 0 bridgehead atoms. The Morgan fingerprint density at radius 2 is 1.81 bits per heavy atom. The van der Waals surface area contributed by atoms with Crippen LogP contribution in [0, 0.1) is 6.92 Å². The Labute approximate surface area is 189 Å². The number of ether oxygens (including phenoxy) is 1. The minimum Gasteiger partial charge on any atom is -0.496 e. The molecule has 1 atom stereocenters. The number of methoxy groups -OCH3 is 1. The molecule has 2 heterocycles. The summed E-state index contributed by atoms with van der Waals surface area (Å²) in [6, 6.07) is 13.6. The Morgan fingerprint density at radius 1 is 1.09 bits per heavy atom. The lowest BCUT2D eigenvalue weighted by molar-refractivity contribution is -0.120. The van der Waals surface area contributed by atoms with Crippen LogP contribution in [0.2, 0.25) is 0 Å². The lowest BCUT2D eigenvalue weighted by atomic mass is 10.1. The van der Waals surface area contributed by atoms with Crippen molar-refractivity contribution in [2.75, 3.05) is 50.1 Å². The van der Waals surface area contributed by atoms with Crippen LogP contribution in [0.4, 0.5) is 11.4 Å². The third-order valence-corrected chi connectivity index (χ3v) is 6.28. The first-order valence-corrected chi connectivity index (χ1v) is 11.2. The number of piperazine rings is 1. The van der Waals surface area contributed by atoms with Crippen molar-refractivity contribution >= 4 is 23.2 Å². The summed E-state index contributed by atoms with van der Waals surface area (Å²) in [6.45, 7) is 8.70. The molecule has 4 rings (SSSR count). The highest BCUT2D eigenvalue weighted by Crippen LogP contribution is 2.31. The normalized spacial score (nSPS) is 19.8. The van der Waals surface area contributed by atoms with Crippen LogP contribution in [0.1, 0.15) is 24.5 Å². The molecule has 0 unspecified atom stereocenters. The lowest BCUT2D eigenvalue weighted by Gasteiger charge is -2.36. The van der Waals surface area contributed by atoms with Crippen molar-refractivity contribution in [3.63, 3.8) is 0 Å². The molecule has 7 heteroatoms. The maximum absolute atomic E-state index is 13.3. The number of anilines is 2. The molecule has 7 nitrogen and oxygen atoms in total. The van der Waals surface area contributed by atoms with Crippen LogP contribution >= 0.6 is 0 Å². The van der Waals surface area contributed by atoms with Gasteiger partial charge in [-0.05, 0) is 32.0 Å². The fourth-order valence-electron chi connectivity index (χ4n) is 4.61. The Balaban J connectivity index is 1.38. The summed E-state index contributed by atoms with van der Waals surface area (Å²) in [4.78, 5) is 31.9. The number of nitrogens with zero attached hydrogens (tertiary/aromatic N) is 3. The zero-order valence-corrected chi connectivity index (χ0v) is 19.1. The standard InChI is InChI=1S/C25H32N4O3/c1-18-8-9-23(32-3)20(14-18)16-27-10-12-28(13-11-27)17-25(31)29-19(2)15-24(30)26-21-6-4-5-7-22(21)29/h4-9,14,19H,10-13,15-17H2,1-3H3,(H,26,30)/t19-/m0/s1. The zero-order valence-electron chi connectivity index (χ0n) is 19.1. The molecule has 1 N–H and O–H groups in total. The molecule has 0 saturated carbocycles. The first kappa shape index (κ1) is 22.3. The number of carbonyl (C=O) groups excluding carboxylic acids is 2. The molecule has 32 heavy (non-hydrogen) atoms. The van der Waals surface area contributed by atoms with Gasteiger partial charge in [0.1, 0.15) is 5.75 Å². The lowest BCUT2D eigenvalue weighted by Crippen LogP contribution is -2.51. The Bertz CT molecular complexity index is 985. The third-order valence-electron chi connectivity index (χ3n) is 6.28. The number of nitrogens with one attached hydrogen (secondary N) is 1. The highest BCUT2D eigenvalue weighted by atomic mass is 16.5. The van der Waals surface area contributed by atoms with Crippen molar-refractivity contribution in [3.8, 4) is 5.75 Å². The summed E-state index contributed by atoms with van der Waals surface area (Å²) < 4.78 is 5.52. The van der Waals surface area contributed by atoms with E-state index in [4.69, 9.17) is 4.74 Å². The maximum atomic E-state index is 13.3. The van der Waals surface area contributed by atoms with E-state index in [1.54, 1.807) is 12.0 Å². The highest BCUT2D eigenvalue weighted by Gasteiger charge is 2.31. The van der Waals surface area contributed by atoms with Gasteiger partial charge < -0.3 is 15.0 Å². The van der Waals surface area contributed by atoms with Crippen LogP contribution in [-0.2, 0) is 16.1 Å². The summed E-state index contributed by atoms with van der Waals surface area (Å²) >= 11 is 0. The molecule has 1 saturated heterocycles. The number of para-hydroxylation sites is 2. The van der Waals surface area contributed by atoms with E-state index >= 15 is 0 Å². The van der Waals surface area contributed by atoms with E-state index in [9.17, 15) is 9.59 Å². The first-order chi connectivity index (χ1) is 15.4. The Hall–Kier alpha value is -2.90. The first-order valence-electron chi connectivity index (χ1n) is 11.2. The van der Waals surface area contributed by atoms with Gasteiger partial charge in [0, 0.05) is 50.7 Å². The van der Waals surface area contributed by atoms with E-state index in [2.05, 4.69) is 34.2 Å². The number of carbonyl (C=O) groups is 2. The average molecular weight is 437 g/mol. The monoisotopic (exact) mass is 436 g/mol. The van der Waals surface area contributed by atoms with Crippen LogP contribution < -0.4 is 15.0 Å². The van der Waals surface area contributed by atoms with Crippen molar-refractivity contribution in [2.45, 2.75) is 32.9 Å². The van der Waals surface area contributed by atoms with Crippen molar-refractivity contribution in [1.29, 1.82) is 0 Å². The van der Waals surface area contributed by atoms with Crippen LogP contribution in [0.25, 0.3) is 0 Å². The number of rotatable bonds is 5. The van der Waals surface area contributed by atoms with Crippen LogP contribution in [0.5, 0.6) is 5.75 Å². The number of benzene rings is 2. The fraction of sp³-hybridized carbons (Fsp3) is 0.440. The van der Waals surface area contributed by atoms with Gasteiger partial charge in [-0.25, -0.2) is 0 Å². The van der Waals surface area contributed by atoms with Gasteiger partial charge in [0.05, 0.1) is 25.0 Å². The molecule has 1 fully saturated rings. The van der Waals surface area contributed by atoms with E-state index in [-0.39, 0.29) is 17.9 Å². The highest BCUT2D eigenvalue weighted by molar-refractivity contribution is 6.04. The molecule has 170 valence electrons. The minimum absolute atomic E-state index is 0.0373. The SMILES string of the molecule is COc1ccc(C)cc1CN1CCN(CC(=O)N2c3ccccc3NC(=O)C[C@@H]2C)CC1. The van der Waals surface area contributed by atoms with Gasteiger partial charge in [-0.15, -0.1) is 0 Å². The second kappa shape index (κ2) is 9.71. The van der Waals surface area contributed by atoms with Crippen LogP contribution in [0.15, 0.2) is 42.5 Å². The van der Waals surface area contributed by atoms with E-state index in [0.29, 0.717) is 18.7 Å². The van der Waals surface area contributed by atoms with E-state index in [1.807, 2.05) is 37.3 Å². The van der Waals surface area contributed by atoms with Gasteiger partial charge in [-0.1, -0.05) is 29.8 Å². The fourth-order valence-corrected chi connectivity index (χ4v) is 4.61. The van der Waals surface area contributed by atoms with E-state index in [0.717, 1.165) is 44.2 Å². The summed E-state index contributed by atoms with van der Waals surface area (Å²) in [5.41, 5.74) is 3.90. The Kier molecular flexibility index (Phi) is 6.77. The van der Waals surface area contributed by atoms with Gasteiger partial charge >= 0.3 is 0 Å². The number of aryl methyl sites for hydroxylation is 1. The zero-order chi connectivity index (χ0) is 22.7. The summed E-state index contributed by atoms with van der Waals surface area (Å²) in [6.07, 6.45) is 0.298. The van der Waals surface area contributed by atoms with Crippen molar-refractivity contribution in [1.82, 2.24) is 9.80 Å². The van der Waals surface area contributed by atoms with Crippen molar-refractivity contribution < 1.29 is 14.3 Å². The topological polar surface area (TPSA) is 65.1 Å².